The lowest BCUT2D eigenvalue weighted by Crippen LogP contribution is -2.33. The Morgan fingerprint density at radius 3 is 2.65 bits per heavy atom. The molecule has 1 aromatic carbocycles. The summed E-state index contributed by atoms with van der Waals surface area (Å²) in [5.74, 6) is -0.876. The molecule has 26 heavy (non-hydrogen) atoms. The third-order valence-corrected chi connectivity index (χ3v) is 4.66. The highest BCUT2D eigenvalue weighted by Crippen LogP contribution is 2.30. The number of thiophene rings is 1. The van der Waals surface area contributed by atoms with Crippen molar-refractivity contribution in [1.82, 2.24) is 14.6 Å². The number of amides is 1. The molecular formula is C18H11FN4O2S. The van der Waals surface area contributed by atoms with Crippen LogP contribution in [0.25, 0.3) is 21.3 Å². The van der Waals surface area contributed by atoms with Gasteiger partial charge in [-0.2, -0.15) is 0 Å². The summed E-state index contributed by atoms with van der Waals surface area (Å²) in [6.45, 7) is 0. The number of hydrogen-bond donors (Lipinski definition) is 1. The molecule has 0 atom stereocenters. The molecule has 0 bridgehead atoms. The largest absolute Gasteiger partial charge is 0.288 e. The van der Waals surface area contributed by atoms with Gasteiger partial charge in [-0.1, -0.05) is 18.2 Å². The van der Waals surface area contributed by atoms with Crippen molar-refractivity contribution < 1.29 is 9.18 Å². The van der Waals surface area contributed by atoms with Crippen LogP contribution in [-0.4, -0.2) is 20.6 Å². The van der Waals surface area contributed by atoms with Crippen LogP contribution in [0, 0.1) is 5.82 Å². The monoisotopic (exact) mass is 366 g/mol. The number of nitrogens with one attached hydrogen (secondary N) is 1. The summed E-state index contributed by atoms with van der Waals surface area (Å²) in [6, 6.07) is 10.8. The quantitative estimate of drug-likeness (QED) is 0.605. The summed E-state index contributed by atoms with van der Waals surface area (Å²) >= 11 is 1.31. The fourth-order valence-electron chi connectivity index (χ4n) is 2.52. The summed E-state index contributed by atoms with van der Waals surface area (Å²) in [6.07, 6.45) is 2.75. The molecule has 0 saturated heterocycles. The number of rotatable bonds is 3. The Kier molecular flexibility index (Phi) is 4.02. The molecule has 0 radical (unpaired) electrons. The first-order valence-corrected chi connectivity index (χ1v) is 8.48. The van der Waals surface area contributed by atoms with E-state index in [9.17, 15) is 14.0 Å². The number of carbonyl (C=O) groups is 1. The molecule has 1 N–H and O–H groups in total. The van der Waals surface area contributed by atoms with Gasteiger partial charge in [0.15, 0.2) is 0 Å². The zero-order chi connectivity index (χ0) is 18.1. The average Bonchev–Trinajstić information content (AvgIpc) is 3.10. The number of nitrogens with zero attached hydrogens (tertiary/aromatic N) is 3. The lowest BCUT2D eigenvalue weighted by Gasteiger charge is -2.07. The number of benzene rings is 1. The van der Waals surface area contributed by atoms with E-state index in [0.717, 1.165) is 4.68 Å². The minimum atomic E-state index is -0.521. The van der Waals surface area contributed by atoms with Gasteiger partial charge in [0.05, 0.1) is 5.39 Å². The topological polar surface area (TPSA) is 76.9 Å². The lowest BCUT2D eigenvalue weighted by molar-refractivity contribution is 0.100. The van der Waals surface area contributed by atoms with Gasteiger partial charge in [-0.25, -0.2) is 14.1 Å². The standard InChI is InChI=1S/C18H11FN4O2S/c19-12-6-4-11(5-7-12)13-9-26-17-15(13)18(25)23(10-21-17)22-16(24)14-3-1-2-8-20-14/h1-10H,(H,22,24). The number of aromatic nitrogens is 3. The van der Waals surface area contributed by atoms with Crippen molar-refractivity contribution in [3.63, 3.8) is 0 Å². The van der Waals surface area contributed by atoms with Crippen LogP contribution in [0.1, 0.15) is 10.5 Å². The van der Waals surface area contributed by atoms with Crippen molar-refractivity contribution in [2.24, 2.45) is 0 Å². The molecule has 0 aliphatic rings. The number of carbonyl (C=O) groups excluding carboxylic acids is 1. The van der Waals surface area contributed by atoms with Gasteiger partial charge in [-0.05, 0) is 29.8 Å². The molecule has 128 valence electrons. The van der Waals surface area contributed by atoms with Gasteiger partial charge in [-0.15, -0.1) is 11.3 Å². The van der Waals surface area contributed by atoms with E-state index < -0.39 is 11.5 Å². The number of pyridine rings is 1. The first-order chi connectivity index (χ1) is 12.6. The van der Waals surface area contributed by atoms with E-state index in [1.165, 1.54) is 36.0 Å². The Balaban J connectivity index is 1.77. The highest BCUT2D eigenvalue weighted by atomic mass is 32.1. The first-order valence-electron chi connectivity index (χ1n) is 7.60. The van der Waals surface area contributed by atoms with E-state index in [1.54, 1.807) is 35.7 Å². The predicted octanol–water partition coefficient (Wildman–Crippen LogP) is 3.04. The Morgan fingerprint density at radius 2 is 1.92 bits per heavy atom. The lowest BCUT2D eigenvalue weighted by atomic mass is 10.1. The van der Waals surface area contributed by atoms with Crippen LogP contribution in [-0.2, 0) is 0 Å². The van der Waals surface area contributed by atoms with E-state index >= 15 is 0 Å². The van der Waals surface area contributed by atoms with Gasteiger partial charge in [0, 0.05) is 17.1 Å². The maximum absolute atomic E-state index is 13.2. The maximum atomic E-state index is 13.2. The fraction of sp³-hybridized carbons (Fsp3) is 0. The normalized spacial score (nSPS) is 10.8. The van der Waals surface area contributed by atoms with Crippen molar-refractivity contribution in [2.75, 3.05) is 5.43 Å². The fourth-order valence-corrected chi connectivity index (χ4v) is 3.42. The van der Waals surface area contributed by atoms with Gasteiger partial charge >= 0.3 is 0 Å². The molecule has 0 fully saturated rings. The SMILES string of the molecule is O=C(Nn1cnc2scc(-c3ccc(F)cc3)c2c1=O)c1ccccn1. The summed E-state index contributed by atoms with van der Waals surface area (Å²) in [5.41, 5.74) is 3.59. The van der Waals surface area contributed by atoms with Crippen molar-refractivity contribution in [1.29, 1.82) is 0 Å². The third kappa shape index (κ3) is 2.86. The van der Waals surface area contributed by atoms with Crippen molar-refractivity contribution >= 4 is 27.5 Å². The van der Waals surface area contributed by atoms with E-state index in [4.69, 9.17) is 0 Å². The highest BCUT2D eigenvalue weighted by Gasteiger charge is 2.15. The second-order valence-electron chi connectivity index (χ2n) is 5.41. The van der Waals surface area contributed by atoms with Crippen molar-refractivity contribution in [3.8, 4) is 11.1 Å². The molecule has 4 aromatic rings. The van der Waals surface area contributed by atoms with Crippen LogP contribution in [0.5, 0.6) is 0 Å². The van der Waals surface area contributed by atoms with Crippen LogP contribution in [0.3, 0.4) is 0 Å². The molecule has 0 aliphatic carbocycles. The molecule has 6 nitrogen and oxygen atoms in total. The minimum Gasteiger partial charge on any atom is -0.267 e. The van der Waals surface area contributed by atoms with Crippen LogP contribution in [0.15, 0.2) is 65.2 Å². The Bertz CT molecular complexity index is 1150. The summed E-state index contributed by atoms with van der Waals surface area (Å²) < 4.78 is 14.2. The molecule has 0 saturated carbocycles. The van der Waals surface area contributed by atoms with Gasteiger partial charge in [0.2, 0.25) is 0 Å². The van der Waals surface area contributed by atoms with E-state index in [-0.39, 0.29) is 11.5 Å². The zero-order valence-corrected chi connectivity index (χ0v) is 14.0. The zero-order valence-electron chi connectivity index (χ0n) is 13.2. The minimum absolute atomic E-state index is 0.184. The molecule has 3 aromatic heterocycles. The second kappa shape index (κ2) is 6.49. The first kappa shape index (κ1) is 16.1. The summed E-state index contributed by atoms with van der Waals surface area (Å²) in [5, 5.41) is 2.16. The predicted molar refractivity (Wildman–Crippen MR) is 97.2 cm³/mol. The van der Waals surface area contributed by atoms with Crippen LogP contribution in [0.4, 0.5) is 4.39 Å². The number of fused-ring (bicyclic) bond motifs is 1. The summed E-state index contributed by atoms with van der Waals surface area (Å²) in [7, 11) is 0. The Labute approximate surface area is 150 Å². The average molecular weight is 366 g/mol. The van der Waals surface area contributed by atoms with E-state index in [0.29, 0.717) is 21.3 Å². The van der Waals surface area contributed by atoms with Gasteiger partial charge < -0.3 is 0 Å². The highest BCUT2D eigenvalue weighted by molar-refractivity contribution is 7.17. The molecule has 0 spiro atoms. The molecule has 3 heterocycles. The van der Waals surface area contributed by atoms with E-state index in [2.05, 4.69) is 15.4 Å². The van der Waals surface area contributed by atoms with Crippen LogP contribution < -0.4 is 11.0 Å². The second-order valence-corrected chi connectivity index (χ2v) is 6.27. The van der Waals surface area contributed by atoms with Crippen LogP contribution >= 0.6 is 11.3 Å². The smallest absolute Gasteiger partial charge is 0.267 e. The number of halogens is 1. The van der Waals surface area contributed by atoms with Crippen LogP contribution in [0.2, 0.25) is 0 Å². The molecule has 1 amide bonds. The van der Waals surface area contributed by atoms with Gasteiger partial charge in [0.1, 0.15) is 22.7 Å². The van der Waals surface area contributed by atoms with E-state index in [1.807, 2.05) is 0 Å². The molecule has 0 unspecified atom stereocenters. The molecular weight excluding hydrogens is 355 g/mol. The Morgan fingerprint density at radius 1 is 1.12 bits per heavy atom. The maximum Gasteiger partial charge on any atom is 0.288 e. The molecule has 0 aliphatic heterocycles. The molecule has 4 rings (SSSR count). The van der Waals surface area contributed by atoms with Crippen molar-refractivity contribution in [2.45, 2.75) is 0 Å². The molecule has 8 heteroatoms. The van der Waals surface area contributed by atoms with Gasteiger partial charge in [-0.3, -0.25) is 20.0 Å². The summed E-state index contributed by atoms with van der Waals surface area (Å²) in [4.78, 5) is 33.8. The number of hydrogen-bond acceptors (Lipinski definition) is 5. The van der Waals surface area contributed by atoms with Crippen molar-refractivity contribution in [3.05, 3.63) is 82.2 Å². The van der Waals surface area contributed by atoms with Gasteiger partial charge in [0.25, 0.3) is 11.5 Å². The Hall–Kier alpha value is -3.39. The third-order valence-electron chi connectivity index (χ3n) is 3.77.